The zero-order valence-electron chi connectivity index (χ0n) is 18.7. The van der Waals surface area contributed by atoms with Crippen LogP contribution in [0.4, 0.5) is 14.5 Å². The van der Waals surface area contributed by atoms with Crippen LogP contribution < -0.4 is 5.43 Å². The van der Waals surface area contributed by atoms with Crippen molar-refractivity contribution in [3.63, 3.8) is 0 Å². The molecule has 0 bridgehead atoms. The lowest BCUT2D eigenvalue weighted by atomic mass is 10.2. The zero-order valence-corrected chi connectivity index (χ0v) is 18.7. The summed E-state index contributed by atoms with van der Waals surface area (Å²) < 4.78 is 37.5. The molecule has 0 atom stereocenters. The Morgan fingerprint density at radius 1 is 0.970 bits per heavy atom. The molecular weight excluding hydrogens is 432 g/mol. The first-order valence-electron chi connectivity index (χ1n) is 11.3. The molecule has 3 aliphatic rings. The molecule has 3 aliphatic heterocycles. The van der Waals surface area contributed by atoms with Crippen LogP contribution in [0.25, 0.3) is 0 Å². The van der Waals surface area contributed by atoms with Crippen LogP contribution >= 0.6 is 0 Å². The van der Waals surface area contributed by atoms with E-state index in [2.05, 4.69) is 41.6 Å². The lowest BCUT2D eigenvalue weighted by Crippen LogP contribution is -2.46. The highest BCUT2D eigenvalue weighted by molar-refractivity contribution is 6.64. The number of anilines is 1. The number of nitrogens with one attached hydrogen (secondary N) is 1. The van der Waals surface area contributed by atoms with Crippen LogP contribution in [-0.4, -0.2) is 118 Å². The molecule has 179 valence electrons. The van der Waals surface area contributed by atoms with Gasteiger partial charge >= 0.3 is 0 Å². The number of benzene rings is 1. The van der Waals surface area contributed by atoms with Gasteiger partial charge in [-0.1, -0.05) is 0 Å². The van der Waals surface area contributed by atoms with Crippen LogP contribution in [0.1, 0.15) is 0 Å². The third-order valence-corrected chi connectivity index (χ3v) is 5.86. The lowest BCUT2D eigenvalue weighted by molar-refractivity contribution is 0.0271. The molecule has 1 N–H and O–H groups in total. The second kappa shape index (κ2) is 12.2. The monoisotopic (exact) mass is 462 g/mol. The maximum atomic E-state index is 13.5. The first-order valence-corrected chi connectivity index (χ1v) is 11.3. The van der Waals surface area contributed by atoms with Crippen LogP contribution in [0, 0.1) is 11.6 Å². The predicted molar refractivity (Wildman–Crippen MR) is 123 cm³/mol. The molecule has 33 heavy (non-hydrogen) atoms. The Bertz CT molecular complexity index is 846. The van der Waals surface area contributed by atoms with Gasteiger partial charge in [-0.15, -0.1) is 5.10 Å². The van der Waals surface area contributed by atoms with Gasteiger partial charge in [0, 0.05) is 65.0 Å². The lowest BCUT2D eigenvalue weighted by Gasteiger charge is -2.32. The number of hydrogen-bond acceptors (Lipinski definition) is 9. The van der Waals surface area contributed by atoms with Gasteiger partial charge in [-0.2, -0.15) is 10.2 Å². The zero-order chi connectivity index (χ0) is 22.9. The Balaban J connectivity index is 1.35. The maximum absolute atomic E-state index is 13.5. The smallest absolute Gasteiger partial charge is 0.160 e. The molecule has 0 aromatic heterocycles. The van der Waals surface area contributed by atoms with Crippen molar-refractivity contribution in [3.05, 3.63) is 29.8 Å². The van der Waals surface area contributed by atoms with Crippen LogP contribution in [0.15, 0.2) is 33.5 Å². The summed E-state index contributed by atoms with van der Waals surface area (Å²) in [5, 5.41) is 12.4. The Morgan fingerprint density at radius 2 is 1.61 bits per heavy atom. The van der Waals surface area contributed by atoms with E-state index in [0.29, 0.717) is 23.7 Å². The molecule has 4 rings (SSSR count). The van der Waals surface area contributed by atoms with Gasteiger partial charge in [0.25, 0.3) is 0 Å². The fourth-order valence-corrected chi connectivity index (χ4v) is 3.82. The standard InChI is InChI=1S/C22H30F2N7O2/c23-19-2-1-18(15-20(19)24)26-28-21-16-25-27-22(21)17-31(5-3-29-7-11-32-12-8-29)6-4-30-9-13-33-14-10-30/h1-2,15,26H,3-14,17H2/b28-21-. The summed E-state index contributed by atoms with van der Waals surface area (Å²) in [6.45, 7) is 11.1. The molecule has 0 saturated carbocycles. The average Bonchev–Trinajstić information content (AvgIpc) is 3.29. The van der Waals surface area contributed by atoms with E-state index in [9.17, 15) is 8.78 Å². The molecular formula is C22H30F2N7O2. The van der Waals surface area contributed by atoms with Crippen molar-refractivity contribution in [2.75, 3.05) is 90.8 Å². The quantitative estimate of drug-likeness (QED) is 0.524. The number of hydrazone groups is 1. The van der Waals surface area contributed by atoms with E-state index >= 15 is 0 Å². The van der Waals surface area contributed by atoms with E-state index in [4.69, 9.17) is 9.47 Å². The maximum Gasteiger partial charge on any atom is 0.160 e. The number of ether oxygens (including phenoxy) is 2. The highest BCUT2D eigenvalue weighted by Crippen LogP contribution is 2.13. The highest BCUT2D eigenvalue weighted by Gasteiger charge is 2.20. The van der Waals surface area contributed by atoms with E-state index < -0.39 is 11.6 Å². The van der Waals surface area contributed by atoms with Crippen LogP contribution in [0.2, 0.25) is 0 Å². The highest BCUT2D eigenvalue weighted by atomic mass is 19.2. The minimum Gasteiger partial charge on any atom is -0.379 e. The molecule has 1 radical (unpaired) electrons. The second-order valence-corrected chi connectivity index (χ2v) is 8.14. The summed E-state index contributed by atoms with van der Waals surface area (Å²) in [6, 6.07) is 3.53. The number of halogens is 2. The van der Waals surface area contributed by atoms with Crippen molar-refractivity contribution in [2.24, 2.45) is 15.3 Å². The first kappa shape index (κ1) is 23.8. The summed E-state index contributed by atoms with van der Waals surface area (Å²) in [7, 11) is 0. The number of hydrogen-bond donors (Lipinski definition) is 1. The molecule has 0 aliphatic carbocycles. The van der Waals surface area contributed by atoms with Crippen LogP contribution in [0.5, 0.6) is 0 Å². The summed E-state index contributed by atoms with van der Waals surface area (Å²) in [5.74, 6) is -1.84. The molecule has 9 nitrogen and oxygen atoms in total. The fraction of sp³-hybridized carbons (Fsp3) is 0.591. The molecule has 0 unspecified atom stereocenters. The van der Waals surface area contributed by atoms with Crippen molar-refractivity contribution in [2.45, 2.75) is 0 Å². The van der Waals surface area contributed by atoms with Crippen molar-refractivity contribution in [1.29, 1.82) is 0 Å². The molecule has 0 amide bonds. The first-order chi connectivity index (χ1) is 16.2. The Hall–Kier alpha value is -2.31. The van der Waals surface area contributed by atoms with Crippen molar-refractivity contribution < 1.29 is 18.3 Å². The molecule has 2 fully saturated rings. The molecule has 2 saturated heterocycles. The number of morpholine rings is 2. The topological polar surface area (TPSA) is 77.3 Å². The second-order valence-electron chi connectivity index (χ2n) is 8.14. The van der Waals surface area contributed by atoms with Gasteiger partial charge in [-0.05, 0) is 12.1 Å². The van der Waals surface area contributed by atoms with Gasteiger partial charge in [0.2, 0.25) is 0 Å². The largest absolute Gasteiger partial charge is 0.379 e. The Kier molecular flexibility index (Phi) is 8.84. The van der Waals surface area contributed by atoms with Gasteiger partial charge in [-0.25, -0.2) is 8.78 Å². The minimum atomic E-state index is -0.935. The minimum absolute atomic E-state index is 0.339. The van der Waals surface area contributed by atoms with E-state index in [1.807, 2.05) is 0 Å². The predicted octanol–water partition coefficient (Wildman–Crippen LogP) is 1.02. The molecule has 3 heterocycles. The van der Waals surface area contributed by atoms with Gasteiger partial charge in [-0.3, -0.25) is 20.1 Å². The molecule has 0 spiro atoms. The van der Waals surface area contributed by atoms with Crippen molar-refractivity contribution in [1.82, 2.24) is 14.7 Å². The van der Waals surface area contributed by atoms with Crippen LogP contribution in [-0.2, 0) is 9.47 Å². The molecule has 1 aromatic carbocycles. The molecule has 1 aromatic rings. The third kappa shape index (κ3) is 7.34. The van der Waals surface area contributed by atoms with Gasteiger partial charge in [0.1, 0.15) is 17.6 Å². The summed E-state index contributed by atoms with van der Waals surface area (Å²) in [4.78, 5) is 7.16. The Labute approximate surface area is 192 Å². The summed E-state index contributed by atoms with van der Waals surface area (Å²) >= 11 is 0. The summed E-state index contributed by atoms with van der Waals surface area (Å²) in [6.07, 6.45) is 2.78. The number of nitrogens with zero attached hydrogens (tertiary/aromatic N) is 6. The van der Waals surface area contributed by atoms with Gasteiger partial charge in [0.15, 0.2) is 11.6 Å². The Morgan fingerprint density at radius 3 is 2.21 bits per heavy atom. The third-order valence-electron chi connectivity index (χ3n) is 5.86. The fourth-order valence-electron chi connectivity index (χ4n) is 3.82. The SMILES string of the molecule is Fc1ccc(N/N=C2/[C]=NN=C2CN(CCN2CCOCC2)CCN2CCOCC2)cc1F. The summed E-state index contributed by atoms with van der Waals surface area (Å²) in [5.41, 5.74) is 4.23. The van der Waals surface area contributed by atoms with Gasteiger partial charge < -0.3 is 9.47 Å². The number of rotatable bonds is 10. The normalized spacial score (nSPS) is 21.2. The average molecular weight is 463 g/mol. The molecule has 11 heteroatoms. The van der Waals surface area contributed by atoms with E-state index in [1.165, 1.54) is 6.07 Å². The van der Waals surface area contributed by atoms with Crippen LogP contribution in [0.3, 0.4) is 0 Å². The van der Waals surface area contributed by atoms with Crippen molar-refractivity contribution >= 4 is 23.3 Å². The van der Waals surface area contributed by atoms with E-state index in [0.717, 1.165) is 90.9 Å². The van der Waals surface area contributed by atoms with Crippen molar-refractivity contribution in [3.8, 4) is 0 Å². The van der Waals surface area contributed by atoms with E-state index in [-0.39, 0.29) is 0 Å². The van der Waals surface area contributed by atoms with Gasteiger partial charge in [0.05, 0.1) is 32.1 Å². The van der Waals surface area contributed by atoms with E-state index in [1.54, 1.807) is 0 Å².